The molecule has 0 saturated carbocycles. The topological polar surface area (TPSA) is 96.5 Å². The van der Waals surface area contributed by atoms with Crippen LogP contribution in [0, 0.1) is 21.4 Å². The van der Waals surface area contributed by atoms with Crippen molar-refractivity contribution in [1.82, 2.24) is 4.90 Å². The molecule has 0 unspecified atom stereocenters. The molecule has 1 amide bonds. The van der Waals surface area contributed by atoms with Crippen LogP contribution in [-0.4, -0.2) is 28.8 Å². The van der Waals surface area contributed by atoms with Crippen molar-refractivity contribution < 1.29 is 27.6 Å². The van der Waals surface area contributed by atoms with E-state index in [0.717, 1.165) is 18.9 Å². The molecule has 0 aromatic heterocycles. The van der Waals surface area contributed by atoms with Crippen LogP contribution in [0.25, 0.3) is 6.08 Å². The number of nitriles is 1. The van der Waals surface area contributed by atoms with E-state index in [1.807, 2.05) is 6.07 Å². The fourth-order valence-electron chi connectivity index (χ4n) is 3.13. The van der Waals surface area contributed by atoms with Crippen molar-refractivity contribution >= 4 is 33.6 Å². The van der Waals surface area contributed by atoms with E-state index in [0.29, 0.717) is 35.3 Å². The van der Waals surface area contributed by atoms with Crippen LogP contribution in [0.2, 0.25) is 0 Å². The summed E-state index contributed by atoms with van der Waals surface area (Å²) >= 11 is 3.25. The Balaban J connectivity index is 1.87. The Morgan fingerprint density at radius 1 is 1.19 bits per heavy atom. The first-order chi connectivity index (χ1) is 15.1. The minimum Gasteiger partial charge on any atom is -0.449 e. The molecule has 1 aliphatic rings. The Kier molecular flexibility index (Phi) is 6.84. The molecule has 1 heterocycles. The highest BCUT2D eigenvalue weighted by molar-refractivity contribution is 9.10. The highest BCUT2D eigenvalue weighted by atomic mass is 79.9. The van der Waals surface area contributed by atoms with Crippen LogP contribution in [0.1, 0.15) is 24.0 Å². The number of nitro groups is 1. The lowest BCUT2D eigenvalue weighted by Gasteiger charge is -2.14. The van der Waals surface area contributed by atoms with Gasteiger partial charge in [0, 0.05) is 19.2 Å². The third-order valence-electron chi connectivity index (χ3n) is 4.71. The van der Waals surface area contributed by atoms with Crippen LogP contribution >= 0.6 is 15.9 Å². The van der Waals surface area contributed by atoms with Crippen molar-refractivity contribution in [3.63, 3.8) is 0 Å². The standard InChI is InChI=1S/C21H15BrF3N3O4/c22-16-10-13(9-14(12-26)20(29)27-7-1-2-8-27)3-5-18(16)32-19-6-4-15(21(23,24)25)11-17(19)28(30)31/h3-6,9-11H,1-2,7-8H2/b14-9+. The highest BCUT2D eigenvalue weighted by Gasteiger charge is 2.33. The lowest BCUT2D eigenvalue weighted by molar-refractivity contribution is -0.385. The summed E-state index contributed by atoms with van der Waals surface area (Å²) in [5, 5.41) is 20.6. The van der Waals surface area contributed by atoms with Crippen LogP contribution in [0.3, 0.4) is 0 Å². The number of carbonyl (C=O) groups is 1. The van der Waals surface area contributed by atoms with E-state index in [1.165, 1.54) is 24.3 Å². The second-order valence-corrected chi connectivity index (χ2v) is 7.75. The lowest BCUT2D eigenvalue weighted by Crippen LogP contribution is -2.28. The molecule has 0 aliphatic carbocycles. The molecular formula is C21H15BrF3N3O4. The third-order valence-corrected chi connectivity index (χ3v) is 5.33. The zero-order chi connectivity index (χ0) is 23.5. The lowest BCUT2D eigenvalue weighted by atomic mass is 10.1. The molecule has 11 heteroatoms. The second-order valence-electron chi connectivity index (χ2n) is 6.90. The summed E-state index contributed by atoms with van der Waals surface area (Å²) in [5.41, 5.74) is -1.54. The van der Waals surface area contributed by atoms with Crippen molar-refractivity contribution in [3.8, 4) is 17.6 Å². The molecule has 2 aromatic carbocycles. The number of nitrogens with zero attached hydrogens (tertiary/aromatic N) is 3. The predicted octanol–water partition coefficient (Wildman–Crippen LogP) is 5.70. The van der Waals surface area contributed by atoms with Crippen LogP contribution in [0.5, 0.6) is 11.5 Å². The summed E-state index contributed by atoms with van der Waals surface area (Å²) in [6.07, 6.45) is -1.55. The van der Waals surface area contributed by atoms with E-state index in [9.17, 15) is 33.3 Å². The van der Waals surface area contributed by atoms with Gasteiger partial charge in [-0.25, -0.2) is 0 Å². The molecular weight excluding hydrogens is 495 g/mol. The van der Waals surface area contributed by atoms with Gasteiger partial charge < -0.3 is 9.64 Å². The second kappa shape index (κ2) is 9.40. The summed E-state index contributed by atoms with van der Waals surface area (Å²) in [4.78, 5) is 24.3. The van der Waals surface area contributed by atoms with Gasteiger partial charge in [0.2, 0.25) is 5.75 Å². The Morgan fingerprint density at radius 3 is 2.41 bits per heavy atom. The normalized spacial score (nSPS) is 14.2. The van der Waals surface area contributed by atoms with Crippen molar-refractivity contribution in [1.29, 1.82) is 5.26 Å². The third kappa shape index (κ3) is 5.26. The number of ether oxygens (including phenoxy) is 1. The van der Waals surface area contributed by atoms with Crippen LogP contribution in [0.4, 0.5) is 18.9 Å². The number of benzene rings is 2. The zero-order valence-corrected chi connectivity index (χ0v) is 17.9. The molecule has 1 saturated heterocycles. The van der Waals surface area contributed by atoms with Crippen molar-refractivity contribution in [2.45, 2.75) is 19.0 Å². The summed E-state index contributed by atoms with van der Waals surface area (Å²) in [6, 6.07) is 8.34. The number of carbonyl (C=O) groups excluding carboxylic acids is 1. The van der Waals surface area contributed by atoms with Gasteiger partial charge in [0.05, 0.1) is 15.0 Å². The molecule has 3 rings (SSSR count). The summed E-state index contributed by atoms with van der Waals surface area (Å²) in [6.45, 7) is 1.19. The van der Waals surface area contributed by atoms with Gasteiger partial charge in [-0.3, -0.25) is 14.9 Å². The smallest absolute Gasteiger partial charge is 0.416 e. The minimum atomic E-state index is -4.73. The zero-order valence-electron chi connectivity index (χ0n) is 16.4. The molecule has 0 N–H and O–H groups in total. The van der Waals surface area contributed by atoms with Crippen molar-refractivity contribution in [2.75, 3.05) is 13.1 Å². The number of amides is 1. The van der Waals surface area contributed by atoms with Gasteiger partial charge in [-0.15, -0.1) is 0 Å². The first-order valence-corrected chi connectivity index (χ1v) is 10.1. The fourth-order valence-corrected chi connectivity index (χ4v) is 3.61. The van der Waals surface area contributed by atoms with Gasteiger partial charge in [0.15, 0.2) is 0 Å². The van der Waals surface area contributed by atoms with E-state index in [4.69, 9.17) is 4.74 Å². The van der Waals surface area contributed by atoms with E-state index >= 15 is 0 Å². The largest absolute Gasteiger partial charge is 0.449 e. The molecule has 0 bridgehead atoms. The SMILES string of the molecule is N#C/C(=C\c1ccc(Oc2ccc(C(F)(F)F)cc2[N+](=O)[O-])c(Br)c1)C(=O)N1CCCC1. The van der Waals surface area contributed by atoms with E-state index in [2.05, 4.69) is 15.9 Å². The summed E-state index contributed by atoms with van der Waals surface area (Å²) in [7, 11) is 0. The van der Waals surface area contributed by atoms with E-state index in [1.54, 1.807) is 4.90 Å². The van der Waals surface area contributed by atoms with Crippen LogP contribution in [-0.2, 0) is 11.0 Å². The average Bonchev–Trinajstić information content (AvgIpc) is 3.27. The van der Waals surface area contributed by atoms with Crippen LogP contribution < -0.4 is 4.74 Å². The minimum absolute atomic E-state index is 0.0363. The highest BCUT2D eigenvalue weighted by Crippen LogP contribution is 2.39. The van der Waals surface area contributed by atoms with E-state index < -0.39 is 22.4 Å². The Hall–Kier alpha value is -3.39. The fraction of sp³-hybridized carbons (Fsp3) is 0.238. The van der Waals surface area contributed by atoms with E-state index in [-0.39, 0.29) is 23.0 Å². The van der Waals surface area contributed by atoms with Gasteiger partial charge in [-0.2, -0.15) is 18.4 Å². The molecule has 0 atom stereocenters. The monoisotopic (exact) mass is 509 g/mol. The first kappa shape index (κ1) is 23.3. The van der Waals surface area contributed by atoms with Gasteiger partial charge in [-0.05, 0) is 64.7 Å². The number of alkyl halides is 3. The number of nitro benzene ring substituents is 1. The average molecular weight is 510 g/mol. The van der Waals surface area contributed by atoms with Gasteiger partial charge in [-0.1, -0.05) is 6.07 Å². The number of hydrogen-bond acceptors (Lipinski definition) is 5. The molecule has 0 radical (unpaired) electrons. The van der Waals surface area contributed by atoms with Crippen LogP contribution in [0.15, 0.2) is 46.4 Å². The number of likely N-dealkylation sites (tertiary alicyclic amines) is 1. The maximum absolute atomic E-state index is 12.9. The molecule has 32 heavy (non-hydrogen) atoms. The number of rotatable bonds is 5. The first-order valence-electron chi connectivity index (χ1n) is 9.34. The Morgan fingerprint density at radius 2 is 1.84 bits per heavy atom. The Labute approximate surface area is 189 Å². The quantitative estimate of drug-likeness (QED) is 0.223. The molecule has 0 spiro atoms. The maximum atomic E-state index is 12.9. The number of hydrogen-bond donors (Lipinski definition) is 0. The molecule has 7 nitrogen and oxygen atoms in total. The summed E-state index contributed by atoms with van der Waals surface area (Å²) in [5.74, 6) is -0.620. The summed E-state index contributed by atoms with van der Waals surface area (Å²) < 4.78 is 44.4. The van der Waals surface area contributed by atoms with Gasteiger partial charge in [0.25, 0.3) is 5.91 Å². The number of halogens is 4. The Bertz CT molecular complexity index is 1140. The predicted molar refractivity (Wildman–Crippen MR) is 112 cm³/mol. The molecule has 1 fully saturated rings. The van der Waals surface area contributed by atoms with Gasteiger partial charge >= 0.3 is 11.9 Å². The molecule has 1 aliphatic heterocycles. The van der Waals surface area contributed by atoms with Crippen molar-refractivity contribution in [3.05, 3.63) is 67.7 Å². The molecule has 166 valence electrons. The van der Waals surface area contributed by atoms with Gasteiger partial charge in [0.1, 0.15) is 17.4 Å². The molecule has 2 aromatic rings. The maximum Gasteiger partial charge on any atom is 0.416 e. The van der Waals surface area contributed by atoms with Crippen molar-refractivity contribution in [2.24, 2.45) is 0 Å².